The first kappa shape index (κ1) is 20.7. The average Bonchev–Trinajstić information content (AvgIpc) is 2.57. The number of aromatic hydroxyl groups is 1. The van der Waals surface area contributed by atoms with Crippen LogP contribution in [0.4, 0.5) is 0 Å². The van der Waals surface area contributed by atoms with Crippen LogP contribution >= 0.6 is 11.8 Å². The van der Waals surface area contributed by atoms with E-state index in [1.807, 2.05) is 36.2 Å². The van der Waals surface area contributed by atoms with E-state index in [-0.39, 0.29) is 22.9 Å². The van der Waals surface area contributed by atoms with Gasteiger partial charge in [-0.25, -0.2) is 0 Å². The third kappa shape index (κ3) is 4.67. The smallest absolute Gasteiger partial charge is 0.162 e. The molecule has 1 aliphatic heterocycles. The lowest BCUT2D eigenvalue weighted by Crippen LogP contribution is -2.62. The van der Waals surface area contributed by atoms with Gasteiger partial charge in [0, 0.05) is 29.7 Å². The molecule has 0 aromatic heterocycles. The molecule has 1 heterocycles. The molecule has 0 unspecified atom stereocenters. The summed E-state index contributed by atoms with van der Waals surface area (Å²) < 4.78 is 0. The predicted octanol–water partition coefficient (Wildman–Crippen LogP) is 4.78. The van der Waals surface area contributed by atoms with E-state index in [2.05, 4.69) is 33.0 Å². The molecule has 28 heavy (non-hydrogen) atoms. The summed E-state index contributed by atoms with van der Waals surface area (Å²) in [5.41, 5.74) is 0.818. The van der Waals surface area contributed by atoms with Gasteiger partial charge >= 0.3 is 0 Å². The highest BCUT2D eigenvalue weighted by atomic mass is 32.2. The Morgan fingerprint density at radius 3 is 2.25 bits per heavy atom. The van der Waals surface area contributed by atoms with Crippen molar-refractivity contribution in [1.82, 2.24) is 10.2 Å². The number of thioether (sulfide) groups is 1. The zero-order chi connectivity index (χ0) is 20.7. The predicted molar refractivity (Wildman–Crippen MR) is 120 cm³/mol. The molecule has 0 saturated carbocycles. The third-order valence-corrected chi connectivity index (χ3v) is 6.24. The number of fused-ring (bicyclic) bond motifs is 1. The van der Waals surface area contributed by atoms with E-state index in [1.165, 1.54) is 11.8 Å². The summed E-state index contributed by atoms with van der Waals surface area (Å²) in [6.07, 6.45) is 1.92. The van der Waals surface area contributed by atoms with E-state index >= 15 is 0 Å². The Hall–Kier alpha value is -2.05. The fourth-order valence-electron chi connectivity index (χ4n) is 4.31. The van der Waals surface area contributed by atoms with Crippen LogP contribution in [-0.4, -0.2) is 44.4 Å². The summed E-state index contributed by atoms with van der Waals surface area (Å²) in [4.78, 5) is 2.02. The number of phenolic OH excluding ortho intramolecular Hbond substituents is 1. The van der Waals surface area contributed by atoms with Crippen molar-refractivity contribution in [2.24, 2.45) is 0 Å². The molecule has 0 atom stereocenters. The fourth-order valence-corrected chi connectivity index (χ4v) is 5.04. The molecule has 150 valence electrons. The highest BCUT2D eigenvalue weighted by Crippen LogP contribution is 2.32. The van der Waals surface area contributed by atoms with Crippen LogP contribution in [0.25, 0.3) is 10.8 Å². The monoisotopic (exact) mass is 398 g/mol. The second-order valence-corrected chi connectivity index (χ2v) is 10.0. The zero-order valence-electron chi connectivity index (χ0n) is 17.3. The molecule has 1 saturated heterocycles. The molecule has 2 aromatic rings. The number of benzene rings is 2. The van der Waals surface area contributed by atoms with Gasteiger partial charge in [-0.3, -0.25) is 10.8 Å². The van der Waals surface area contributed by atoms with Crippen molar-refractivity contribution < 1.29 is 5.11 Å². The van der Waals surface area contributed by atoms with E-state index in [9.17, 15) is 5.11 Å². The molecule has 0 aliphatic carbocycles. The highest BCUT2D eigenvalue weighted by molar-refractivity contribution is 8.26. The lowest BCUT2D eigenvalue weighted by Gasteiger charge is -2.49. The molecule has 1 fully saturated rings. The van der Waals surface area contributed by atoms with E-state index in [1.54, 1.807) is 12.1 Å². The molecule has 3 rings (SSSR count). The number of piperidine rings is 1. The van der Waals surface area contributed by atoms with E-state index in [0.717, 1.165) is 29.2 Å². The maximum absolute atomic E-state index is 9.60. The molecule has 0 radical (unpaired) electrons. The van der Waals surface area contributed by atoms with Crippen molar-refractivity contribution in [1.29, 1.82) is 10.8 Å². The summed E-state index contributed by atoms with van der Waals surface area (Å²) in [5.74, 6) is 0.237. The molecule has 0 bridgehead atoms. The number of nitrogens with zero attached hydrogens (tertiary/aromatic N) is 1. The number of nitrogens with one attached hydrogen (secondary N) is 3. The maximum Gasteiger partial charge on any atom is 0.162 e. The quantitative estimate of drug-likeness (QED) is 0.433. The number of hydrogen-bond acceptors (Lipinski definition) is 5. The number of phenols is 1. The third-order valence-electron chi connectivity index (χ3n) is 5.32. The van der Waals surface area contributed by atoms with Crippen LogP contribution < -0.4 is 5.32 Å². The molecule has 6 heteroatoms. The van der Waals surface area contributed by atoms with Crippen LogP contribution in [0.15, 0.2) is 36.4 Å². The second kappa shape index (κ2) is 7.41. The molecule has 5 nitrogen and oxygen atoms in total. The Morgan fingerprint density at radius 2 is 1.61 bits per heavy atom. The minimum atomic E-state index is 0.0169. The topological polar surface area (TPSA) is 83.2 Å². The van der Waals surface area contributed by atoms with Crippen molar-refractivity contribution in [3.05, 3.63) is 42.0 Å². The second-order valence-electron chi connectivity index (χ2n) is 9.05. The van der Waals surface area contributed by atoms with Gasteiger partial charge < -0.3 is 15.3 Å². The van der Waals surface area contributed by atoms with E-state index < -0.39 is 0 Å². The van der Waals surface area contributed by atoms with Crippen LogP contribution in [0.1, 0.15) is 46.1 Å². The van der Waals surface area contributed by atoms with Crippen molar-refractivity contribution in [3.63, 3.8) is 0 Å². The van der Waals surface area contributed by atoms with Gasteiger partial charge in [0.25, 0.3) is 0 Å². The SMILES string of the molecule is CN(C(=N)SC(=N)c1ccc2cc(O)ccc2c1)C1CC(C)(C)NC(C)(C)C1. The van der Waals surface area contributed by atoms with E-state index in [0.29, 0.717) is 10.2 Å². The van der Waals surface area contributed by atoms with Crippen molar-refractivity contribution in [2.45, 2.75) is 57.7 Å². The average molecular weight is 399 g/mol. The Labute approximate surface area is 171 Å². The lowest BCUT2D eigenvalue weighted by molar-refractivity contribution is 0.114. The molecule has 2 aromatic carbocycles. The summed E-state index contributed by atoms with van der Waals surface area (Å²) in [7, 11) is 1.97. The molecular weight excluding hydrogens is 368 g/mol. The van der Waals surface area contributed by atoms with Crippen LogP contribution in [0.5, 0.6) is 5.75 Å². The van der Waals surface area contributed by atoms with Gasteiger partial charge in [0.05, 0.1) is 0 Å². The molecule has 0 amide bonds. The van der Waals surface area contributed by atoms with Gasteiger partial charge in [0.1, 0.15) is 10.8 Å². The largest absolute Gasteiger partial charge is 0.508 e. The standard InChI is InChI=1S/C22H30N4OS/c1-21(2)12-17(13-22(3,4)25-21)26(5)20(24)28-19(23)16-7-6-15-11-18(27)9-8-14(15)10-16/h6-11,17,23-25,27H,12-13H2,1-5H3. The van der Waals surface area contributed by atoms with Gasteiger partial charge in [0.15, 0.2) is 5.17 Å². The summed E-state index contributed by atoms with van der Waals surface area (Å²) in [5, 5.41) is 33.0. The molecular formula is C22H30N4OS. The van der Waals surface area contributed by atoms with E-state index in [4.69, 9.17) is 10.8 Å². The number of hydrogen-bond donors (Lipinski definition) is 4. The zero-order valence-corrected chi connectivity index (χ0v) is 18.1. The van der Waals surface area contributed by atoms with Crippen molar-refractivity contribution in [3.8, 4) is 5.75 Å². The minimum Gasteiger partial charge on any atom is -0.508 e. The normalized spacial score (nSPS) is 18.8. The molecule has 1 aliphatic rings. The first-order valence-corrected chi connectivity index (χ1v) is 10.4. The van der Waals surface area contributed by atoms with Gasteiger partial charge in [-0.05, 0) is 81.3 Å². The Morgan fingerprint density at radius 1 is 1.04 bits per heavy atom. The summed E-state index contributed by atoms with van der Waals surface area (Å²) >= 11 is 1.19. The number of amidine groups is 1. The van der Waals surface area contributed by atoms with Crippen molar-refractivity contribution >= 4 is 32.7 Å². The first-order chi connectivity index (χ1) is 13.0. The highest BCUT2D eigenvalue weighted by Gasteiger charge is 2.39. The Kier molecular flexibility index (Phi) is 5.47. The Bertz CT molecular complexity index is 906. The summed E-state index contributed by atoms with van der Waals surface area (Å²) in [6, 6.07) is 11.2. The fraction of sp³-hybridized carbons (Fsp3) is 0.455. The van der Waals surface area contributed by atoms with Crippen LogP contribution in [-0.2, 0) is 0 Å². The van der Waals surface area contributed by atoms with Gasteiger partial charge in [0.2, 0.25) is 0 Å². The lowest BCUT2D eigenvalue weighted by atomic mass is 9.79. The van der Waals surface area contributed by atoms with Crippen LogP contribution in [0.2, 0.25) is 0 Å². The Balaban J connectivity index is 1.71. The summed E-state index contributed by atoms with van der Waals surface area (Å²) in [6.45, 7) is 8.84. The van der Waals surface area contributed by atoms with Gasteiger partial charge in [-0.2, -0.15) is 0 Å². The maximum atomic E-state index is 9.60. The van der Waals surface area contributed by atoms with Crippen LogP contribution in [0, 0.1) is 10.8 Å². The number of rotatable bonds is 2. The minimum absolute atomic E-state index is 0.0169. The molecule has 4 N–H and O–H groups in total. The van der Waals surface area contributed by atoms with Gasteiger partial charge in [-0.15, -0.1) is 0 Å². The van der Waals surface area contributed by atoms with Crippen LogP contribution in [0.3, 0.4) is 0 Å². The van der Waals surface area contributed by atoms with Gasteiger partial charge in [-0.1, -0.05) is 18.2 Å². The molecule has 0 spiro atoms. The van der Waals surface area contributed by atoms with Crippen molar-refractivity contribution in [2.75, 3.05) is 7.05 Å². The first-order valence-electron chi connectivity index (χ1n) is 9.56.